The van der Waals surface area contributed by atoms with Crippen molar-refractivity contribution in [1.82, 2.24) is 15.5 Å². The Bertz CT molecular complexity index is 840. The van der Waals surface area contributed by atoms with Crippen LogP contribution in [0.1, 0.15) is 28.0 Å². The summed E-state index contributed by atoms with van der Waals surface area (Å²) < 4.78 is 5.16. The minimum Gasteiger partial charge on any atom is -0.383 e. The highest BCUT2D eigenvalue weighted by atomic mass is 32.1. The summed E-state index contributed by atoms with van der Waals surface area (Å²) in [5.74, 6) is 0.488. The van der Waals surface area contributed by atoms with Gasteiger partial charge in [-0.1, -0.05) is 23.4 Å². The molecule has 2 N–H and O–H groups in total. The van der Waals surface area contributed by atoms with Crippen LogP contribution in [0.3, 0.4) is 0 Å². The molecule has 0 aliphatic heterocycles. The molecule has 2 aromatic heterocycles. The number of benzene rings is 1. The summed E-state index contributed by atoms with van der Waals surface area (Å²) in [7, 11) is 0. The number of aromatic nitrogens is 2. The third-order valence-corrected chi connectivity index (χ3v) is 4.70. The molecule has 3 aromatic rings. The molecular weight excluding hydrogens is 326 g/mol. The molecule has 1 amide bonds. The molecule has 0 radical (unpaired) electrons. The quantitative estimate of drug-likeness (QED) is 0.744. The summed E-state index contributed by atoms with van der Waals surface area (Å²) in [6.07, 6.45) is 0. The Morgan fingerprint density at radius 1 is 1.33 bits per heavy atom. The zero-order chi connectivity index (χ0) is 17.2. The summed E-state index contributed by atoms with van der Waals surface area (Å²) in [5.41, 5.74) is -0.144. The van der Waals surface area contributed by atoms with Gasteiger partial charge in [-0.25, -0.2) is 0 Å². The molecule has 0 aliphatic carbocycles. The molecule has 7 heteroatoms. The molecular formula is C17H17N3O3S. The molecule has 24 heavy (non-hydrogen) atoms. The van der Waals surface area contributed by atoms with Gasteiger partial charge in [-0.2, -0.15) is 4.98 Å². The average Bonchev–Trinajstić information content (AvgIpc) is 3.24. The van der Waals surface area contributed by atoms with Gasteiger partial charge < -0.3 is 14.9 Å². The van der Waals surface area contributed by atoms with E-state index in [1.807, 2.05) is 17.5 Å². The first kappa shape index (κ1) is 16.4. The minimum absolute atomic E-state index is 0.101. The van der Waals surface area contributed by atoms with E-state index >= 15 is 0 Å². The molecule has 1 atom stereocenters. The first-order chi connectivity index (χ1) is 11.5. The second kappa shape index (κ2) is 6.54. The van der Waals surface area contributed by atoms with E-state index in [1.54, 1.807) is 38.1 Å². The third kappa shape index (κ3) is 3.37. The van der Waals surface area contributed by atoms with Gasteiger partial charge in [0.1, 0.15) is 5.60 Å². The number of hydrogen-bond acceptors (Lipinski definition) is 6. The lowest BCUT2D eigenvalue weighted by molar-refractivity contribution is 0.0557. The number of amides is 1. The molecule has 124 valence electrons. The summed E-state index contributed by atoms with van der Waals surface area (Å²) in [6.45, 7) is 3.49. The predicted octanol–water partition coefficient (Wildman–Crippen LogP) is 2.74. The van der Waals surface area contributed by atoms with Gasteiger partial charge in [0, 0.05) is 4.88 Å². The van der Waals surface area contributed by atoms with Crippen LogP contribution in [-0.2, 0) is 5.60 Å². The van der Waals surface area contributed by atoms with E-state index in [1.165, 1.54) is 11.3 Å². The molecule has 0 bridgehead atoms. The normalized spacial score (nSPS) is 13.5. The predicted molar refractivity (Wildman–Crippen MR) is 90.7 cm³/mol. The molecule has 0 aliphatic rings. The number of nitrogens with zero attached hydrogens (tertiary/aromatic N) is 2. The van der Waals surface area contributed by atoms with Crippen molar-refractivity contribution in [2.24, 2.45) is 0 Å². The van der Waals surface area contributed by atoms with Crippen molar-refractivity contribution in [3.63, 3.8) is 0 Å². The SMILES string of the molecule is Cc1noc(-c2ccccc2C(=O)NC[C@](C)(O)c2cccs2)n1. The number of thiophene rings is 1. The Kier molecular flexibility index (Phi) is 4.46. The standard InChI is InChI=1S/C17H17N3O3S/c1-11-19-16(23-20-11)13-7-4-3-6-12(13)15(21)18-10-17(2,22)14-8-5-9-24-14/h3-9,22H,10H2,1-2H3,(H,18,21)/t17-/m0/s1. The fourth-order valence-electron chi connectivity index (χ4n) is 2.29. The monoisotopic (exact) mass is 343 g/mol. The molecule has 0 saturated carbocycles. The zero-order valence-electron chi connectivity index (χ0n) is 13.3. The van der Waals surface area contributed by atoms with Crippen LogP contribution < -0.4 is 5.32 Å². The number of nitrogens with one attached hydrogen (secondary N) is 1. The fraction of sp³-hybridized carbons (Fsp3) is 0.235. The summed E-state index contributed by atoms with van der Waals surface area (Å²) in [4.78, 5) is 17.5. The molecule has 3 rings (SSSR count). The van der Waals surface area contributed by atoms with Gasteiger partial charge in [0.15, 0.2) is 5.82 Å². The van der Waals surface area contributed by atoms with Crippen LogP contribution in [-0.4, -0.2) is 27.7 Å². The summed E-state index contributed by atoms with van der Waals surface area (Å²) in [5, 5.41) is 18.9. The lowest BCUT2D eigenvalue weighted by atomic mass is 10.0. The Balaban J connectivity index is 1.79. The Labute approximate surface area is 143 Å². The fourth-order valence-corrected chi connectivity index (χ4v) is 3.08. The molecule has 2 heterocycles. The first-order valence-electron chi connectivity index (χ1n) is 7.41. The van der Waals surface area contributed by atoms with E-state index in [4.69, 9.17) is 4.52 Å². The van der Waals surface area contributed by atoms with Crippen LogP contribution in [0.25, 0.3) is 11.5 Å². The van der Waals surface area contributed by atoms with Gasteiger partial charge in [-0.05, 0) is 37.4 Å². The van der Waals surface area contributed by atoms with Crippen molar-refractivity contribution < 1.29 is 14.4 Å². The van der Waals surface area contributed by atoms with Crippen LogP contribution in [0.15, 0.2) is 46.3 Å². The van der Waals surface area contributed by atoms with E-state index in [9.17, 15) is 9.90 Å². The van der Waals surface area contributed by atoms with Crippen molar-refractivity contribution in [2.45, 2.75) is 19.4 Å². The number of carbonyl (C=O) groups is 1. The van der Waals surface area contributed by atoms with Crippen LogP contribution in [0.5, 0.6) is 0 Å². The zero-order valence-corrected chi connectivity index (χ0v) is 14.1. The highest BCUT2D eigenvalue weighted by molar-refractivity contribution is 7.10. The van der Waals surface area contributed by atoms with Crippen LogP contribution in [0.2, 0.25) is 0 Å². The molecule has 6 nitrogen and oxygen atoms in total. The van der Waals surface area contributed by atoms with Gasteiger partial charge in [-0.15, -0.1) is 11.3 Å². The van der Waals surface area contributed by atoms with Crippen molar-refractivity contribution >= 4 is 17.2 Å². The number of aryl methyl sites for hydroxylation is 1. The van der Waals surface area contributed by atoms with Crippen LogP contribution in [0, 0.1) is 6.92 Å². The largest absolute Gasteiger partial charge is 0.383 e. The number of aliphatic hydroxyl groups is 1. The molecule has 1 aromatic carbocycles. The average molecular weight is 343 g/mol. The topological polar surface area (TPSA) is 88.2 Å². The van der Waals surface area contributed by atoms with Gasteiger partial charge in [0.25, 0.3) is 11.8 Å². The van der Waals surface area contributed by atoms with E-state index in [0.29, 0.717) is 22.8 Å². The second-order valence-corrected chi connectivity index (χ2v) is 6.57. The second-order valence-electron chi connectivity index (χ2n) is 5.63. The van der Waals surface area contributed by atoms with Crippen molar-refractivity contribution in [1.29, 1.82) is 0 Å². The van der Waals surface area contributed by atoms with Crippen molar-refractivity contribution in [2.75, 3.05) is 6.54 Å². The maximum Gasteiger partial charge on any atom is 0.258 e. The van der Waals surface area contributed by atoms with Crippen LogP contribution in [0.4, 0.5) is 0 Å². The molecule has 0 spiro atoms. The lowest BCUT2D eigenvalue weighted by Gasteiger charge is -2.22. The van der Waals surface area contributed by atoms with Gasteiger partial charge in [0.2, 0.25) is 0 Å². The number of hydrogen-bond donors (Lipinski definition) is 2. The van der Waals surface area contributed by atoms with E-state index in [2.05, 4.69) is 15.5 Å². The Hall–Kier alpha value is -2.51. The maximum absolute atomic E-state index is 12.6. The number of rotatable bonds is 5. The van der Waals surface area contributed by atoms with E-state index in [0.717, 1.165) is 4.88 Å². The number of carbonyl (C=O) groups excluding carboxylic acids is 1. The molecule has 0 unspecified atom stereocenters. The van der Waals surface area contributed by atoms with Crippen molar-refractivity contribution in [3.05, 3.63) is 58.0 Å². The van der Waals surface area contributed by atoms with Gasteiger partial charge in [-0.3, -0.25) is 4.79 Å². The van der Waals surface area contributed by atoms with Crippen molar-refractivity contribution in [3.8, 4) is 11.5 Å². The Morgan fingerprint density at radius 3 is 2.79 bits per heavy atom. The summed E-state index contributed by atoms with van der Waals surface area (Å²) in [6, 6.07) is 10.7. The Morgan fingerprint density at radius 2 is 2.12 bits per heavy atom. The van der Waals surface area contributed by atoms with Crippen LogP contribution >= 0.6 is 11.3 Å². The lowest BCUT2D eigenvalue weighted by Crippen LogP contribution is -2.38. The summed E-state index contributed by atoms with van der Waals surface area (Å²) >= 11 is 1.45. The van der Waals surface area contributed by atoms with Gasteiger partial charge >= 0.3 is 0 Å². The smallest absolute Gasteiger partial charge is 0.258 e. The molecule has 0 saturated heterocycles. The third-order valence-electron chi connectivity index (χ3n) is 3.57. The maximum atomic E-state index is 12.6. The minimum atomic E-state index is -1.13. The molecule has 0 fully saturated rings. The highest BCUT2D eigenvalue weighted by Crippen LogP contribution is 2.25. The first-order valence-corrected chi connectivity index (χ1v) is 8.29. The van der Waals surface area contributed by atoms with E-state index in [-0.39, 0.29) is 12.5 Å². The van der Waals surface area contributed by atoms with E-state index < -0.39 is 5.60 Å². The van der Waals surface area contributed by atoms with Gasteiger partial charge in [0.05, 0.1) is 17.7 Å². The highest BCUT2D eigenvalue weighted by Gasteiger charge is 2.26.